The second-order valence-electron chi connectivity index (χ2n) is 8.11. The number of hydrogen-bond acceptors (Lipinski definition) is 8. The molecule has 0 radical (unpaired) electrons. The Hall–Kier alpha value is -2.84. The molecule has 160 valence electrons. The molecule has 2 aliphatic heterocycles. The number of hydrogen-bond donors (Lipinski definition) is 2. The van der Waals surface area contributed by atoms with E-state index < -0.39 is 0 Å². The van der Waals surface area contributed by atoms with Gasteiger partial charge in [-0.3, -0.25) is 0 Å². The van der Waals surface area contributed by atoms with Gasteiger partial charge < -0.3 is 23.7 Å². The molecule has 2 aromatic carbocycles. The van der Waals surface area contributed by atoms with Gasteiger partial charge in [-0.25, -0.2) is 5.43 Å². The Morgan fingerprint density at radius 2 is 2.26 bits per heavy atom. The van der Waals surface area contributed by atoms with E-state index in [-0.39, 0.29) is 0 Å². The molecular weight excluding hydrogens is 412 g/mol. The zero-order valence-corrected chi connectivity index (χ0v) is 18.1. The van der Waals surface area contributed by atoms with E-state index in [0.29, 0.717) is 18.3 Å². The molecule has 1 saturated carbocycles. The van der Waals surface area contributed by atoms with Crippen LogP contribution in [0, 0.1) is 0 Å². The van der Waals surface area contributed by atoms with E-state index in [2.05, 4.69) is 56.9 Å². The summed E-state index contributed by atoms with van der Waals surface area (Å²) in [5, 5.41) is 7.29. The first kappa shape index (κ1) is 18.9. The van der Waals surface area contributed by atoms with E-state index in [1.807, 2.05) is 0 Å². The number of hydrazine groups is 1. The number of ether oxygens (including phenoxy) is 2. The Morgan fingerprint density at radius 1 is 1.32 bits per heavy atom. The molecule has 3 heterocycles. The third-order valence-electron chi connectivity index (χ3n) is 6.04. The maximum absolute atomic E-state index is 6.03. The van der Waals surface area contributed by atoms with Gasteiger partial charge in [0.2, 0.25) is 0 Å². The monoisotopic (exact) mass is 436 g/mol. The van der Waals surface area contributed by atoms with Gasteiger partial charge in [-0.15, -0.1) is 0 Å². The van der Waals surface area contributed by atoms with Crippen LogP contribution in [-0.2, 0) is 13.0 Å². The molecule has 0 bridgehead atoms. The molecule has 3 aromatic rings. The summed E-state index contributed by atoms with van der Waals surface area (Å²) in [4.78, 5) is 1.02. The number of rotatable bonds is 7. The smallest absolute Gasteiger partial charge is 0.191 e. The number of nitrogens with one attached hydrogen (secondary N) is 2. The van der Waals surface area contributed by atoms with Crippen LogP contribution in [0.15, 0.2) is 46.0 Å². The molecule has 31 heavy (non-hydrogen) atoms. The van der Waals surface area contributed by atoms with Crippen LogP contribution in [0.25, 0.3) is 11.0 Å². The summed E-state index contributed by atoms with van der Waals surface area (Å²) in [6, 6.07) is 8.54. The Morgan fingerprint density at radius 3 is 3.06 bits per heavy atom. The van der Waals surface area contributed by atoms with Crippen LogP contribution in [0.1, 0.15) is 35.4 Å². The minimum Gasteiger partial charge on any atom is -0.496 e. The molecule has 6 rings (SSSR count). The third kappa shape index (κ3) is 3.49. The van der Waals surface area contributed by atoms with Gasteiger partial charge in [-0.2, -0.15) is 0 Å². The molecular formula is C23H24N4O3S. The topological polar surface area (TPSA) is 71.8 Å². The van der Waals surface area contributed by atoms with Crippen molar-refractivity contribution < 1.29 is 14.0 Å². The molecule has 7 nitrogen and oxygen atoms in total. The lowest BCUT2D eigenvalue weighted by Gasteiger charge is -2.18. The van der Waals surface area contributed by atoms with Crippen LogP contribution in [0.5, 0.6) is 11.5 Å². The first-order valence-corrected chi connectivity index (χ1v) is 11.5. The highest BCUT2D eigenvalue weighted by Gasteiger charge is 2.27. The minimum atomic E-state index is 0.678. The fourth-order valence-corrected chi connectivity index (χ4v) is 5.02. The summed E-state index contributed by atoms with van der Waals surface area (Å²) in [5.74, 6) is 3.14. The zero-order valence-electron chi connectivity index (χ0n) is 17.3. The Bertz CT molecular complexity index is 1170. The third-order valence-corrected chi connectivity index (χ3v) is 6.90. The van der Waals surface area contributed by atoms with E-state index in [9.17, 15) is 0 Å². The SMILES string of the molecule is COc1cc(C2CC2)ccc1SNc1noc2cc(CN3C=CCN3)c3c(c12)OCC3. The van der Waals surface area contributed by atoms with Gasteiger partial charge in [0.1, 0.15) is 16.9 Å². The first-order valence-electron chi connectivity index (χ1n) is 10.6. The standard InChI is InChI=1S/C23H24N4O3S/c1-28-18-11-15(14-3-4-14)5-6-20(18)31-26-23-21-19(30-25-23)12-16(13-27-9-2-8-24-27)17-7-10-29-22(17)21/h2,5-6,9,11-12,14,24H,3-4,7-8,10,13H2,1H3,(H,25,26). The predicted molar refractivity (Wildman–Crippen MR) is 120 cm³/mol. The highest BCUT2D eigenvalue weighted by molar-refractivity contribution is 8.00. The van der Waals surface area contributed by atoms with Crippen LogP contribution < -0.4 is 19.6 Å². The lowest BCUT2D eigenvalue weighted by molar-refractivity contribution is 0.298. The molecule has 1 aliphatic carbocycles. The van der Waals surface area contributed by atoms with Crippen molar-refractivity contribution in [3.63, 3.8) is 0 Å². The maximum Gasteiger partial charge on any atom is 0.191 e. The summed E-state index contributed by atoms with van der Waals surface area (Å²) >= 11 is 1.48. The number of fused-ring (bicyclic) bond motifs is 3. The fourth-order valence-electron chi connectivity index (χ4n) is 4.30. The maximum atomic E-state index is 6.03. The second-order valence-corrected chi connectivity index (χ2v) is 8.96. The fraction of sp³-hybridized carbons (Fsp3) is 0.348. The second kappa shape index (κ2) is 7.69. The normalized spacial score (nSPS) is 17.3. The Balaban J connectivity index is 1.28. The van der Waals surface area contributed by atoms with Gasteiger partial charge in [0.15, 0.2) is 11.4 Å². The molecule has 0 unspecified atom stereocenters. The zero-order chi connectivity index (χ0) is 20.8. The average Bonchev–Trinajstić information content (AvgIpc) is 3.16. The summed E-state index contributed by atoms with van der Waals surface area (Å²) < 4.78 is 20.7. The van der Waals surface area contributed by atoms with E-state index in [0.717, 1.165) is 46.9 Å². The van der Waals surface area contributed by atoms with E-state index >= 15 is 0 Å². The van der Waals surface area contributed by atoms with Crippen molar-refractivity contribution in [2.75, 3.05) is 25.0 Å². The molecule has 2 N–H and O–H groups in total. The van der Waals surface area contributed by atoms with Crippen molar-refractivity contribution >= 4 is 28.7 Å². The number of nitrogens with zero attached hydrogens (tertiary/aromatic N) is 2. The van der Waals surface area contributed by atoms with E-state index in [4.69, 9.17) is 14.0 Å². The number of anilines is 1. The molecule has 0 amide bonds. The van der Waals surface area contributed by atoms with Gasteiger partial charge in [0.05, 0.1) is 25.2 Å². The quantitative estimate of drug-likeness (QED) is 0.521. The van der Waals surface area contributed by atoms with Crippen LogP contribution in [0.4, 0.5) is 5.82 Å². The van der Waals surface area contributed by atoms with Gasteiger partial charge in [-0.1, -0.05) is 17.3 Å². The van der Waals surface area contributed by atoms with Crippen LogP contribution in [-0.4, -0.2) is 30.4 Å². The highest BCUT2D eigenvalue weighted by Crippen LogP contribution is 2.44. The van der Waals surface area contributed by atoms with Crippen LogP contribution >= 0.6 is 11.9 Å². The van der Waals surface area contributed by atoms with Gasteiger partial charge >= 0.3 is 0 Å². The van der Waals surface area contributed by atoms with Gasteiger partial charge in [-0.05, 0) is 60.0 Å². The first-order chi connectivity index (χ1) is 15.3. The molecule has 1 fully saturated rings. The molecule has 0 saturated heterocycles. The minimum absolute atomic E-state index is 0.678. The summed E-state index contributed by atoms with van der Waals surface area (Å²) in [7, 11) is 1.72. The van der Waals surface area contributed by atoms with Crippen molar-refractivity contribution in [3.8, 4) is 11.5 Å². The lowest BCUT2D eigenvalue weighted by Crippen LogP contribution is -2.28. The van der Waals surface area contributed by atoms with Crippen molar-refractivity contribution in [3.05, 3.63) is 53.2 Å². The van der Waals surface area contributed by atoms with E-state index in [1.165, 1.54) is 41.5 Å². The molecule has 0 spiro atoms. The highest BCUT2D eigenvalue weighted by atomic mass is 32.2. The molecule has 8 heteroatoms. The van der Waals surface area contributed by atoms with Crippen molar-refractivity contribution in [1.29, 1.82) is 0 Å². The van der Waals surface area contributed by atoms with Crippen LogP contribution in [0.3, 0.4) is 0 Å². The van der Waals surface area contributed by atoms with E-state index in [1.54, 1.807) is 7.11 Å². The number of aromatic nitrogens is 1. The molecule has 3 aliphatic rings. The average molecular weight is 437 g/mol. The summed E-state index contributed by atoms with van der Waals surface area (Å²) in [6.07, 6.45) is 7.62. The largest absolute Gasteiger partial charge is 0.496 e. The van der Waals surface area contributed by atoms with Gasteiger partial charge in [0, 0.05) is 24.7 Å². The summed E-state index contributed by atoms with van der Waals surface area (Å²) in [5.41, 5.74) is 7.85. The van der Waals surface area contributed by atoms with Crippen molar-refractivity contribution in [1.82, 2.24) is 15.6 Å². The molecule has 0 atom stereocenters. The Kier molecular flexibility index (Phi) is 4.69. The lowest BCUT2D eigenvalue weighted by atomic mass is 10.0. The number of methoxy groups -OCH3 is 1. The van der Waals surface area contributed by atoms with Gasteiger partial charge in [0.25, 0.3) is 0 Å². The van der Waals surface area contributed by atoms with Crippen molar-refractivity contribution in [2.24, 2.45) is 0 Å². The number of benzene rings is 2. The Labute approximate surface area is 184 Å². The molecule has 1 aromatic heterocycles. The van der Waals surface area contributed by atoms with Crippen molar-refractivity contribution in [2.45, 2.75) is 36.6 Å². The summed E-state index contributed by atoms with van der Waals surface area (Å²) in [6.45, 7) is 2.31. The van der Waals surface area contributed by atoms with Crippen LogP contribution in [0.2, 0.25) is 0 Å². The predicted octanol–water partition coefficient (Wildman–Crippen LogP) is 4.60.